The van der Waals surface area contributed by atoms with Crippen LogP contribution >= 0.6 is 23.2 Å². The molecule has 0 spiro atoms. The summed E-state index contributed by atoms with van der Waals surface area (Å²) in [6.07, 6.45) is 2.23. The Morgan fingerprint density at radius 3 is 2.81 bits per heavy atom. The third-order valence-corrected chi connectivity index (χ3v) is 3.60. The normalized spacial score (nSPS) is 19.9. The molecule has 1 heterocycles. The standard InChI is InChI=1S/C13H17Cl2N/c1-8(2)3-11-5-9-4-10(14)6-13(15)12(9)7-16-11/h4,6,8,11,16H,3,5,7H2,1-2H3. The van der Waals surface area contributed by atoms with E-state index in [0.29, 0.717) is 12.0 Å². The highest BCUT2D eigenvalue weighted by atomic mass is 35.5. The Balaban J connectivity index is 2.20. The van der Waals surface area contributed by atoms with Gasteiger partial charge in [0.1, 0.15) is 0 Å². The summed E-state index contributed by atoms with van der Waals surface area (Å²) in [7, 11) is 0. The smallest absolute Gasteiger partial charge is 0.0468 e. The molecule has 88 valence electrons. The van der Waals surface area contributed by atoms with Gasteiger partial charge in [-0.2, -0.15) is 0 Å². The molecule has 1 nitrogen and oxygen atoms in total. The van der Waals surface area contributed by atoms with Gasteiger partial charge in [0.2, 0.25) is 0 Å². The predicted molar refractivity (Wildman–Crippen MR) is 70.2 cm³/mol. The van der Waals surface area contributed by atoms with Crippen molar-refractivity contribution in [3.05, 3.63) is 33.3 Å². The molecule has 0 amide bonds. The molecule has 1 aromatic carbocycles. The summed E-state index contributed by atoms with van der Waals surface area (Å²) in [5.74, 6) is 0.716. The third-order valence-electron chi connectivity index (χ3n) is 3.04. The molecule has 1 unspecified atom stereocenters. The summed E-state index contributed by atoms with van der Waals surface area (Å²) in [5.41, 5.74) is 2.52. The Bertz CT molecular complexity index is 388. The molecular weight excluding hydrogens is 241 g/mol. The summed E-state index contributed by atoms with van der Waals surface area (Å²) < 4.78 is 0. The lowest BCUT2D eigenvalue weighted by molar-refractivity contribution is 0.398. The van der Waals surface area contributed by atoms with Gasteiger partial charge in [0.05, 0.1) is 0 Å². The zero-order valence-corrected chi connectivity index (χ0v) is 11.2. The van der Waals surface area contributed by atoms with Crippen LogP contribution in [0.25, 0.3) is 0 Å². The van der Waals surface area contributed by atoms with Crippen molar-refractivity contribution >= 4 is 23.2 Å². The highest BCUT2D eigenvalue weighted by Crippen LogP contribution is 2.29. The first-order valence-corrected chi connectivity index (χ1v) is 6.52. The first kappa shape index (κ1) is 12.2. The van der Waals surface area contributed by atoms with E-state index in [1.807, 2.05) is 6.07 Å². The van der Waals surface area contributed by atoms with Crippen molar-refractivity contribution in [1.29, 1.82) is 0 Å². The van der Waals surface area contributed by atoms with E-state index < -0.39 is 0 Å². The van der Waals surface area contributed by atoms with Gasteiger partial charge in [-0.3, -0.25) is 0 Å². The lowest BCUT2D eigenvalue weighted by atomic mass is 9.91. The van der Waals surface area contributed by atoms with Crippen molar-refractivity contribution in [2.75, 3.05) is 0 Å². The number of benzene rings is 1. The van der Waals surface area contributed by atoms with Crippen LogP contribution in [-0.2, 0) is 13.0 Å². The van der Waals surface area contributed by atoms with Crippen LogP contribution in [0, 0.1) is 5.92 Å². The van der Waals surface area contributed by atoms with E-state index in [1.54, 1.807) is 0 Å². The second kappa shape index (κ2) is 4.95. The average Bonchev–Trinajstić information content (AvgIpc) is 2.15. The minimum atomic E-state index is 0.557. The van der Waals surface area contributed by atoms with E-state index in [1.165, 1.54) is 17.5 Å². The van der Waals surface area contributed by atoms with Crippen LogP contribution in [0.2, 0.25) is 10.0 Å². The summed E-state index contributed by atoms with van der Waals surface area (Å²) in [6.45, 7) is 5.37. The largest absolute Gasteiger partial charge is 0.310 e. The zero-order chi connectivity index (χ0) is 11.7. The molecule has 1 atom stereocenters. The van der Waals surface area contributed by atoms with Crippen molar-refractivity contribution in [1.82, 2.24) is 5.32 Å². The van der Waals surface area contributed by atoms with Crippen LogP contribution in [0.1, 0.15) is 31.4 Å². The van der Waals surface area contributed by atoms with E-state index in [2.05, 4.69) is 25.2 Å². The Morgan fingerprint density at radius 2 is 2.12 bits per heavy atom. The van der Waals surface area contributed by atoms with E-state index in [4.69, 9.17) is 23.2 Å². The molecule has 1 aromatic rings. The molecule has 0 aliphatic carbocycles. The SMILES string of the molecule is CC(C)CC1Cc2cc(Cl)cc(Cl)c2CN1. The van der Waals surface area contributed by atoms with Gasteiger partial charge >= 0.3 is 0 Å². The molecule has 16 heavy (non-hydrogen) atoms. The highest BCUT2D eigenvalue weighted by molar-refractivity contribution is 6.35. The Hall–Kier alpha value is -0.240. The number of halogens is 2. The van der Waals surface area contributed by atoms with Gasteiger partial charge in [-0.1, -0.05) is 37.0 Å². The number of hydrogen-bond acceptors (Lipinski definition) is 1. The van der Waals surface area contributed by atoms with Crippen molar-refractivity contribution in [2.45, 2.75) is 39.3 Å². The molecule has 0 radical (unpaired) electrons. The van der Waals surface area contributed by atoms with Crippen molar-refractivity contribution in [2.24, 2.45) is 5.92 Å². The number of rotatable bonds is 2. The fourth-order valence-corrected chi connectivity index (χ4v) is 2.96. The Morgan fingerprint density at radius 1 is 1.38 bits per heavy atom. The minimum absolute atomic E-state index is 0.557. The van der Waals surface area contributed by atoms with E-state index in [0.717, 1.165) is 23.0 Å². The monoisotopic (exact) mass is 257 g/mol. The van der Waals surface area contributed by atoms with E-state index in [9.17, 15) is 0 Å². The van der Waals surface area contributed by atoms with Gasteiger partial charge in [-0.15, -0.1) is 0 Å². The molecule has 1 N–H and O–H groups in total. The number of hydrogen-bond donors (Lipinski definition) is 1. The molecule has 1 aliphatic heterocycles. The van der Waals surface area contributed by atoms with Gasteiger partial charge in [-0.05, 0) is 42.0 Å². The van der Waals surface area contributed by atoms with Gasteiger partial charge in [0.25, 0.3) is 0 Å². The molecule has 3 heteroatoms. The van der Waals surface area contributed by atoms with Crippen LogP contribution in [0.3, 0.4) is 0 Å². The first-order chi connectivity index (χ1) is 7.56. The maximum Gasteiger partial charge on any atom is 0.0468 e. The molecule has 2 rings (SSSR count). The van der Waals surface area contributed by atoms with Crippen molar-refractivity contribution in [3.8, 4) is 0 Å². The summed E-state index contributed by atoms with van der Waals surface area (Å²) >= 11 is 12.2. The van der Waals surface area contributed by atoms with Crippen LogP contribution in [0.5, 0.6) is 0 Å². The quantitative estimate of drug-likeness (QED) is 0.843. The molecular formula is C13H17Cl2N. The van der Waals surface area contributed by atoms with Crippen LogP contribution in [0.15, 0.2) is 12.1 Å². The average molecular weight is 258 g/mol. The van der Waals surface area contributed by atoms with Gasteiger partial charge in [0, 0.05) is 22.6 Å². The van der Waals surface area contributed by atoms with Crippen molar-refractivity contribution < 1.29 is 0 Å². The fraction of sp³-hybridized carbons (Fsp3) is 0.538. The first-order valence-electron chi connectivity index (χ1n) is 5.76. The maximum absolute atomic E-state index is 6.18. The van der Waals surface area contributed by atoms with Gasteiger partial charge in [0.15, 0.2) is 0 Å². The molecule has 0 fully saturated rings. The fourth-order valence-electron chi connectivity index (χ4n) is 2.36. The minimum Gasteiger partial charge on any atom is -0.310 e. The van der Waals surface area contributed by atoms with Crippen LogP contribution in [-0.4, -0.2) is 6.04 Å². The molecule has 0 saturated heterocycles. The summed E-state index contributed by atoms with van der Waals surface area (Å²) in [5, 5.41) is 5.07. The Kier molecular flexibility index (Phi) is 3.78. The topological polar surface area (TPSA) is 12.0 Å². The zero-order valence-electron chi connectivity index (χ0n) is 9.69. The van der Waals surface area contributed by atoms with Crippen molar-refractivity contribution in [3.63, 3.8) is 0 Å². The predicted octanol–water partition coefficient (Wildman–Crippen LogP) is 4.05. The molecule has 0 saturated carbocycles. The lowest BCUT2D eigenvalue weighted by Crippen LogP contribution is -2.36. The van der Waals surface area contributed by atoms with Crippen LogP contribution < -0.4 is 5.32 Å². The molecule has 0 bridgehead atoms. The number of fused-ring (bicyclic) bond motifs is 1. The lowest BCUT2D eigenvalue weighted by Gasteiger charge is -2.28. The second-order valence-corrected chi connectivity index (χ2v) is 5.78. The Labute approximate surface area is 107 Å². The molecule has 0 aromatic heterocycles. The van der Waals surface area contributed by atoms with E-state index in [-0.39, 0.29) is 0 Å². The summed E-state index contributed by atoms with van der Waals surface area (Å²) in [4.78, 5) is 0. The highest BCUT2D eigenvalue weighted by Gasteiger charge is 2.20. The van der Waals surface area contributed by atoms with Gasteiger partial charge < -0.3 is 5.32 Å². The second-order valence-electron chi connectivity index (χ2n) is 4.94. The molecule has 1 aliphatic rings. The summed E-state index contributed by atoms with van der Waals surface area (Å²) in [6, 6.07) is 4.44. The van der Waals surface area contributed by atoms with Gasteiger partial charge in [-0.25, -0.2) is 0 Å². The third kappa shape index (κ3) is 2.71. The van der Waals surface area contributed by atoms with E-state index >= 15 is 0 Å². The van der Waals surface area contributed by atoms with Crippen LogP contribution in [0.4, 0.5) is 0 Å². The maximum atomic E-state index is 6.18. The number of nitrogens with one attached hydrogen (secondary N) is 1.